The smallest absolute Gasteiger partial charge is 0.159 e. The van der Waals surface area contributed by atoms with Gasteiger partial charge in [0.25, 0.3) is 0 Å². The number of pyridine rings is 2. The van der Waals surface area contributed by atoms with Crippen molar-refractivity contribution in [2.75, 3.05) is 25.0 Å². The second-order valence-electron chi connectivity index (χ2n) is 7.89. The fourth-order valence-electron chi connectivity index (χ4n) is 4.21. The summed E-state index contributed by atoms with van der Waals surface area (Å²) >= 11 is 0. The van der Waals surface area contributed by atoms with Crippen molar-refractivity contribution in [3.8, 4) is 17.0 Å². The summed E-state index contributed by atoms with van der Waals surface area (Å²) in [4.78, 5) is 11.2. The molecular weight excluding hydrogens is 383 g/mol. The maximum absolute atomic E-state index is 14.1. The lowest BCUT2D eigenvalue weighted by molar-refractivity contribution is 0.310. The number of likely N-dealkylation sites (N-methyl/N-ethyl adjacent to an activating group) is 1. The predicted molar refractivity (Wildman–Crippen MR) is 116 cm³/mol. The number of hydrogen-bond acceptors (Lipinski definition) is 6. The van der Waals surface area contributed by atoms with Gasteiger partial charge in [-0.25, -0.2) is 14.4 Å². The Morgan fingerprint density at radius 1 is 1.20 bits per heavy atom. The van der Waals surface area contributed by atoms with Crippen LogP contribution in [0.1, 0.15) is 5.56 Å². The zero-order valence-electron chi connectivity index (χ0n) is 17.1. The molecule has 0 bridgehead atoms. The molecule has 0 radical (unpaired) electrons. The van der Waals surface area contributed by atoms with Crippen LogP contribution < -0.4 is 10.2 Å². The Labute approximate surface area is 173 Å². The highest BCUT2D eigenvalue weighted by molar-refractivity contribution is 5.91. The number of rotatable bonds is 3. The third-order valence-electron chi connectivity index (χ3n) is 5.91. The molecule has 7 nitrogen and oxygen atoms in total. The minimum Gasteiger partial charge on any atom is -0.507 e. The van der Waals surface area contributed by atoms with Crippen molar-refractivity contribution in [1.29, 1.82) is 0 Å². The standard InChI is InChI=1S/C22H23FN6O/c1-12-20-14(9-28(3)27-20)7-16(21(12)30)18-5-4-13-6-15(8-25-22(13)26-18)29-10-17(23)19(11-29)24-2/h4-9,17,19,24,30H,10-11H2,1-3H3. The molecule has 2 N–H and O–H groups in total. The predicted octanol–water partition coefficient (Wildman–Crippen LogP) is 2.94. The van der Waals surface area contributed by atoms with E-state index >= 15 is 0 Å². The molecule has 0 amide bonds. The van der Waals surface area contributed by atoms with Crippen LogP contribution in [0, 0.1) is 6.92 Å². The molecule has 1 aliphatic heterocycles. The topological polar surface area (TPSA) is 79.1 Å². The Kier molecular flexibility index (Phi) is 4.32. The third-order valence-corrected chi connectivity index (χ3v) is 5.91. The van der Waals surface area contributed by atoms with E-state index in [9.17, 15) is 9.50 Å². The molecule has 1 aliphatic rings. The van der Waals surface area contributed by atoms with Crippen molar-refractivity contribution in [3.63, 3.8) is 0 Å². The average molecular weight is 406 g/mol. The second-order valence-corrected chi connectivity index (χ2v) is 7.89. The Morgan fingerprint density at radius 2 is 2.03 bits per heavy atom. The van der Waals surface area contributed by atoms with Crippen molar-refractivity contribution in [1.82, 2.24) is 25.1 Å². The number of alkyl halides is 1. The minimum atomic E-state index is -0.903. The Bertz CT molecular complexity index is 1270. The molecule has 2 atom stereocenters. The average Bonchev–Trinajstić information content (AvgIpc) is 3.31. The van der Waals surface area contributed by atoms with Crippen molar-refractivity contribution < 1.29 is 9.50 Å². The summed E-state index contributed by atoms with van der Waals surface area (Å²) in [5.41, 5.74) is 4.27. The van der Waals surface area contributed by atoms with E-state index in [1.165, 1.54) is 0 Å². The Balaban J connectivity index is 1.53. The zero-order valence-corrected chi connectivity index (χ0v) is 17.1. The fraction of sp³-hybridized carbons (Fsp3) is 0.318. The summed E-state index contributed by atoms with van der Waals surface area (Å²) < 4.78 is 15.8. The molecule has 1 aromatic carbocycles. The molecule has 30 heavy (non-hydrogen) atoms. The number of anilines is 1. The minimum absolute atomic E-state index is 0.171. The number of aromatic nitrogens is 4. The molecule has 8 heteroatoms. The molecule has 2 unspecified atom stereocenters. The van der Waals surface area contributed by atoms with Gasteiger partial charge in [-0.2, -0.15) is 5.10 Å². The highest BCUT2D eigenvalue weighted by atomic mass is 19.1. The molecule has 5 rings (SSSR count). The SMILES string of the molecule is CNC1CN(c2cnc3nc(-c4cc5cn(C)nc5c(C)c4O)ccc3c2)CC1F. The maximum Gasteiger partial charge on any atom is 0.159 e. The number of nitrogens with zero attached hydrogens (tertiary/aromatic N) is 5. The molecule has 0 spiro atoms. The third kappa shape index (κ3) is 2.95. The molecule has 4 heterocycles. The van der Waals surface area contributed by atoms with Crippen molar-refractivity contribution in [2.24, 2.45) is 7.05 Å². The first-order chi connectivity index (χ1) is 14.4. The fourth-order valence-corrected chi connectivity index (χ4v) is 4.21. The van der Waals surface area contributed by atoms with Gasteiger partial charge in [0, 0.05) is 41.7 Å². The number of benzene rings is 1. The number of hydrogen-bond donors (Lipinski definition) is 2. The van der Waals surface area contributed by atoms with Crippen molar-refractivity contribution >= 4 is 27.6 Å². The van der Waals surface area contributed by atoms with E-state index in [1.54, 1.807) is 17.9 Å². The largest absolute Gasteiger partial charge is 0.507 e. The molecule has 1 fully saturated rings. The van der Waals surface area contributed by atoms with Crippen molar-refractivity contribution in [2.45, 2.75) is 19.1 Å². The summed E-state index contributed by atoms with van der Waals surface area (Å²) in [7, 11) is 3.64. The van der Waals surface area contributed by atoms with Crippen molar-refractivity contribution in [3.05, 3.63) is 42.2 Å². The van der Waals surface area contributed by atoms with Crippen LogP contribution >= 0.6 is 0 Å². The number of phenolic OH excluding ortho intramolecular Hbond substituents is 1. The molecule has 3 aromatic heterocycles. The van der Waals surface area contributed by atoms with E-state index in [0.717, 1.165) is 27.5 Å². The number of aromatic hydroxyl groups is 1. The van der Waals surface area contributed by atoms with E-state index in [-0.39, 0.29) is 11.8 Å². The number of nitrogens with one attached hydrogen (secondary N) is 1. The van der Waals surface area contributed by atoms with Crippen LogP contribution in [-0.4, -0.2) is 57.2 Å². The second kappa shape index (κ2) is 6.91. The summed E-state index contributed by atoms with van der Waals surface area (Å²) in [6, 6.07) is 7.53. The molecule has 0 saturated carbocycles. The Morgan fingerprint density at radius 3 is 2.80 bits per heavy atom. The van der Waals surface area contributed by atoms with Crippen LogP contribution in [0.3, 0.4) is 0 Å². The number of aryl methyl sites for hydroxylation is 2. The number of fused-ring (bicyclic) bond motifs is 2. The van der Waals surface area contributed by atoms with E-state index in [0.29, 0.717) is 30.0 Å². The first kappa shape index (κ1) is 18.7. The lowest BCUT2D eigenvalue weighted by atomic mass is 10.0. The summed E-state index contributed by atoms with van der Waals surface area (Å²) in [6.45, 7) is 2.81. The number of phenols is 1. The monoisotopic (exact) mass is 406 g/mol. The summed E-state index contributed by atoms with van der Waals surface area (Å²) in [5.74, 6) is 0.175. The highest BCUT2D eigenvalue weighted by Crippen LogP contribution is 2.36. The van der Waals surface area contributed by atoms with E-state index < -0.39 is 6.17 Å². The first-order valence-corrected chi connectivity index (χ1v) is 9.94. The molecule has 154 valence electrons. The zero-order chi connectivity index (χ0) is 21.0. The lowest BCUT2D eigenvalue weighted by Gasteiger charge is -2.18. The quantitative estimate of drug-likeness (QED) is 0.545. The van der Waals surface area contributed by atoms with Gasteiger partial charge in [-0.05, 0) is 38.2 Å². The van der Waals surface area contributed by atoms with E-state index in [2.05, 4.69) is 20.4 Å². The highest BCUT2D eigenvalue weighted by Gasteiger charge is 2.32. The van der Waals surface area contributed by atoms with E-state index in [4.69, 9.17) is 0 Å². The molecule has 4 aromatic rings. The normalized spacial score (nSPS) is 19.3. The van der Waals surface area contributed by atoms with E-state index in [1.807, 2.05) is 49.3 Å². The van der Waals surface area contributed by atoms with Gasteiger partial charge in [-0.3, -0.25) is 4.68 Å². The number of halogens is 1. The molecule has 1 saturated heterocycles. The lowest BCUT2D eigenvalue weighted by Crippen LogP contribution is -2.34. The van der Waals surface area contributed by atoms with Gasteiger partial charge in [-0.15, -0.1) is 0 Å². The Hall–Kier alpha value is -3.26. The molecular formula is C22H23FN6O. The van der Waals surface area contributed by atoms with Gasteiger partial charge in [0.15, 0.2) is 5.65 Å². The van der Waals surface area contributed by atoms with Gasteiger partial charge < -0.3 is 15.3 Å². The van der Waals surface area contributed by atoms with Gasteiger partial charge in [-0.1, -0.05) is 0 Å². The van der Waals surface area contributed by atoms with Crippen LogP contribution in [0.25, 0.3) is 33.2 Å². The maximum atomic E-state index is 14.1. The van der Waals surface area contributed by atoms with Gasteiger partial charge in [0.1, 0.15) is 11.9 Å². The van der Waals surface area contributed by atoms with Crippen LogP contribution in [0.2, 0.25) is 0 Å². The van der Waals surface area contributed by atoms with Gasteiger partial charge >= 0.3 is 0 Å². The van der Waals surface area contributed by atoms with Crippen LogP contribution in [-0.2, 0) is 7.05 Å². The summed E-state index contributed by atoms with van der Waals surface area (Å²) in [5, 5.41) is 20.0. The first-order valence-electron chi connectivity index (χ1n) is 9.94. The van der Waals surface area contributed by atoms with Crippen LogP contribution in [0.5, 0.6) is 5.75 Å². The van der Waals surface area contributed by atoms with Gasteiger partial charge in [0.05, 0.1) is 35.7 Å². The molecule has 0 aliphatic carbocycles. The van der Waals surface area contributed by atoms with Crippen LogP contribution in [0.15, 0.2) is 36.7 Å². The summed E-state index contributed by atoms with van der Waals surface area (Å²) in [6.07, 6.45) is 2.75. The van der Waals surface area contributed by atoms with Gasteiger partial charge in [0.2, 0.25) is 0 Å². The van der Waals surface area contributed by atoms with Crippen LogP contribution in [0.4, 0.5) is 10.1 Å².